The minimum absolute atomic E-state index is 0.0615. The second kappa shape index (κ2) is 3.64. The van der Waals surface area contributed by atoms with Gasteiger partial charge in [0.05, 0.1) is 6.61 Å². The number of aliphatic hydroxyl groups is 1. The number of benzene rings is 1. The quantitative estimate of drug-likeness (QED) is 0.820. The maximum Gasteiger partial charge on any atom is 0.346 e. The number of carboxylic acids is 1. The summed E-state index contributed by atoms with van der Waals surface area (Å²) < 4.78 is 0.913. The van der Waals surface area contributed by atoms with Crippen molar-refractivity contribution in [3.63, 3.8) is 0 Å². The molecule has 2 N–H and O–H groups in total. The number of fused-ring (bicyclic) bond motifs is 1. The van der Waals surface area contributed by atoms with Gasteiger partial charge in [-0.15, -0.1) is 11.3 Å². The van der Waals surface area contributed by atoms with E-state index in [2.05, 4.69) is 0 Å². The Morgan fingerprint density at radius 3 is 2.80 bits per heavy atom. The van der Waals surface area contributed by atoms with Gasteiger partial charge in [-0.3, -0.25) is 0 Å². The average molecular weight is 222 g/mol. The third kappa shape index (κ3) is 1.52. The first-order chi connectivity index (χ1) is 7.15. The SMILES string of the molecule is Cc1c(C(=O)O)sc2cccc(CO)c12. The van der Waals surface area contributed by atoms with Crippen LogP contribution < -0.4 is 0 Å². The Kier molecular flexibility index (Phi) is 2.46. The Morgan fingerprint density at radius 1 is 1.47 bits per heavy atom. The Hall–Kier alpha value is -1.39. The molecule has 0 aliphatic carbocycles. The number of hydrogen-bond acceptors (Lipinski definition) is 3. The molecule has 0 aliphatic rings. The molecule has 1 aromatic heterocycles. The van der Waals surface area contributed by atoms with E-state index in [0.717, 1.165) is 21.2 Å². The average Bonchev–Trinajstić information content (AvgIpc) is 2.56. The predicted octanol–water partition coefficient (Wildman–Crippen LogP) is 2.40. The van der Waals surface area contributed by atoms with Crippen molar-refractivity contribution in [2.45, 2.75) is 13.5 Å². The zero-order valence-electron chi connectivity index (χ0n) is 8.15. The lowest BCUT2D eigenvalue weighted by atomic mass is 10.1. The first-order valence-corrected chi connectivity index (χ1v) is 5.32. The summed E-state index contributed by atoms with van der Waals surface area (Å²) in [5, 5.41) is 19.0. The second-order valence-corrected chi connectivity index (χ2v) is 4.36. The van der Waals surface area contributed by atoms with Gasteiger partial charge in [-0.05, 0) is 24.1 Å². The summed E-state index contributed by atoms with van der Waals surface area (Å²) in [4.78, 5) is 11.3. The largest absolute Gasteiger partial charge is 0.477 e. The molecule has 0 saturated heterocycles. The van der Waals surface area contributed by atoms with Crippen LogP contribution in [0.5, 0.6) is 0 Å². The molecule has 3 nitrogen and oxygen atoms in total. The molecule has 4 heteroatoms. The van der Waals surface area contributed by atoms with Gasteiger partial charge in [0, 0.05) is 10.1 Å². The van der Waals surface area contributed by atoms with Crippen molar-refractivity contribution in [3.05, 3.63) is 34.2 Å². The molecule has 0 radical (unpaired) electrons. The highest BCUT2D eigenvalue weighted by Crippen LogP contribution is 2.33. The van der Waals surface area contributed by atoms with Crippen LogP contribution in [0.3, 0.4) is 0 Å². The minimum atomic E-state index is -0.905. The summed E-state index contributed by atoms with van der Waals surface area (Å²) in [7, 11) is 0. The Labute approximate surface area is 90.6 Å². The van der Waals surface area contributed by atoms with Crippen LogP contribution in [0.2, 0.25) is 0 Å². The maximum absolute atomic E-state index is 10.9. The van der Waals surface area contributed by atoms with E-state index in [0.29, 0.717) is 4.88 Å². The monoisotopic (exact) mass is 222 g/mol. The highest BCUT2D eigenvalue weighted by Gasteiger charge is 2.15. The van der Waals surface area contributed by atoms with E-state index in [1.807, 2.05) is 18.2 Å². The summed E-state index contributed by atoms with van der Waals surface area (Å²) in [6, 6.07) is 5.52. The first-order valence-electron chi connectivity index (χ1n) is 4.50. The lowest BCUT2D eigenvalue weighted by Crippen LogP contribution is -1.94. The highest BCUT2D eigenvalue weighted by atomic mass is 32.1. The third-order valence-corrected chi connectivity index (χ3v) is 3.65. The molecular weight excluding hydrogens is 212 g/mol. The molecule has 0 aliphatic heterocycles. The molecule has 2 aromatic rings. The van der Waals surface area contributed by atoms with E-state index in [-0.39, 0.29) is 6.61 Å². The molecule has 78 valence electrons. The third-order valence-electron chi connectivity index (χ3n) is 2.40. The van der Waals surface area contributed by atoms with Gasteiger partial charge in [-0.2, -0.15) is 0 Å². The van der Waals surface area contributed by atoms with E-state index >= 15 is 0 Å². The molecule has 2 rings (SSSR count). The number of aromatic carboxylic acids is 1. The van der Waals surface area contributed by atoms with E-state index in [4.69, 9.17) is 10.2 Å². The Balaban J connectivity index is 2.82. The van der Waals surface area contributed by atoms with Gasteiger partial charge in [0.1, 0.15) is 4.88 Å². The van der Waals surface area contributed by atoms with Crippen LogP contribution in [-0.4, -0.2) is 16.2 Å². The van der Waals surface area contributed by atoms with Crippen molar-refractivity contribution < 1.29 is 15.0 Å². The molecule has 0 unspecified atom stereocenters. The standard InChI is InChI=1S/C11H10O3S/c1-6-9-7(5-12)3-2-4-8(9)15-10(6)11(13)14/h2-4,12H,5H2,1H3,(H,13,14). The van der Waals surface area contributed by atoms with Gasteiger partial charge >= 0.3 is 5.97 Å². The fraction of sp³-hybridized carbons (Fsp3) is 0.182. The van der Waals surface area contributed by atoms with Crippen LogP contribution in [0.15, 0.2) is 18.2 Å². The van der Waals surface area contributed by atoms with E-state index in [1.165, 1.54) is 11.3 Å². The summed E-state index contributed by atoms with van der Waals surface area (Å²) in [5.74, 6) is -0.905. The summed E-state index contributed by atoms with van der Waals surface area (Å²) >= 11 is 1.25. The van der Waals surface area contributed by atoms with Gasteiger partial charge in [-0.1, -0.05) is 12.1 Å². The zero-order chi connectivity index (χ0) is 11.0. The van der Waals surface area contributed by atoms with Gasteiger partial charge in [-0.25, -0.2) is 4.79 Å². The van der Waals surface area contributed by atoms with Crippen LogP contribution in [0.1, 0.15) is 20.8 Å². The van der Waals surface area contributed by atoms with Crippen LogP contribution in [0.4, 0.5) is 0 Å². The molecule has 15 heavy (non-hydrogen) atoms. The summed E-state index contributed by atoms with van der Waals surface area (Å²) in [6.07, 6.45) is 0. The topological polar surface area (TPSA) is 57.5 Å². The van der Waals surface area contributed by atoms with Crippen molar-refractivity contribution in [3.8, 4) is 0 Å². The normalized spacial score (nSPS) is 10.8. The number of rotatable bonds is 2. The van der Waals surface area contributed by atoms with Gasteiger partial charge in [0.15, 0.2) is 0 Å². The zero-order valence-corrected chi connectivity index (χ0v) is 8.97. The van der Waals surface area contributed by atoms with Gasteiger partial charge in [0.2, 0.25) is 0 Å². The molecular formula is C11H10O3S. The predicted molar refractivity (Wildman–Crippen MR) is 59.4 cm³/mol. The van der Waals surface area contributed by atoms with E-state index in [1.54, 1.807) is 6.92 Å². The molecule has 0 saturated carbocycles. The van der Waals surface area contributed by atoms with Crippen LogP contribution in [-0.2, 0) is 6.61 Å². The molecule has 0 fully saturated rings. The smallest absolute Gasteiger partial charge is 0.346 e. The Morgan fingerprint density at radius 2 is 2.20 bits per heavy atom. The van der Waals surface area contributed by atoms with Crippen molar-refractivity contribution in [1.82, 2.24) is 0 Å². The van der Waals surface area contributed by atoms with Crippen LogP contribution in [0, 0.1) is 6.92 Å². The van der Waals surface area contributed by atoms with Gasteiger partial charge in [0.25, 0.3) is 0 Å². The number of aliphatic hydroxyl groups excluding tert-OH is 1. The maximum atomic E-state index is 10.9. The molecule has 0 spiro atoms. The molecule has 0 atom stereocenters. The number of carboxylic acid groups (broad SMARTS) is 1. The van der Waals surface area contributed by atoms with Crippen molar-refractivity contribution in [1.29, 1.82) is 0 Å². The van der Waals surface area contributed by atoms with Crippen LogP contribution in [0.25, 0.3) is 10.1 Å². The van der Waals surface area contributed by atoms with Crippen molar-refractivity contribution in [2.75, 3.05) is 0 Å². The fourth-order valence-corrected chi connectivity index (χ4v) is 2.82. The van der Waals surface area contributed by atoms with Crippen molar-refractivity contribution in [2.24, 2.45) is 0 Å². The number of hydrogen-bond donors (Lipinski definition) is 2. The summed E-state index contributed by atoms with van der Waals surface area (Å²) in [5.41, 5.74) is 1.53. The summed E-state index contributed by atoms with van der Waals surface area (Å²) in [6.45, 7) is 1.72. The second-order valence-electron chi connectivity index (χ2n) is 3.31. The number of aryl methyl sites for hydroxylation is 1. The van der Waals surface area contributed by atoms with Crippen molar-refractivity contribution >= 4 is 27.4 Å². The number of thiophene rings is 1. The molecule has 1 aromatic carbocycles. The molecule has 0 amide bonds. The minimum Gasteiger partial charge on any atom is -0.477 e. The van der Waals surface area contributed by atoms with E-state index in [9.17, 15) is 4.79 Å². The van der Waals surface area contributed by atoms with Gasteiger partial charge < -0.3 is 10.2 Å². The van der Waals surface area contributed by atoms with Crippen LogP contribution >= 0.6 is 11.3 Å². The van der Waals surface area contributed by atoms with E-state index < -0.39 is 5.97 Å². The Bertz CT molecular complexity index is 528. The molecule has 1 heterocycles. The number of carbonyl (C=O) groups is 1. The first kappa shape index (κ1) is 10.1. The lowest BCUT2D eigenvalue weighted by molar-refractivity contribution is 0.0701. The highest BCUT2D eigenvalue weighted by molar-refractivity contribution is 7.21. The molecule has 0 bridgehead atoms. The fourth-order valence-electron chi connectivity index (χ4n) is 1.72. The lowest BCUT2D eigenvalue weighted by Gasteiger charge is -1.99.